The molecule has 1 aliphatic rings. The molecule has 18 heavy (non-hydrogen) atoms. The van der Waals surface area contributed by atoms with Crippen molar-refractivity contribution >= 4 is 0 Å². The third-order valence-corrected chi connectivity index (χ3v) is 4.98. The summed E-state index contributed by atoms with van der Waals surface area (Å²) in [6, 6.07) is 0. The van der Waals surface area contributed by atoms with Gasteiger partial charge in [0, 0.05) is 11.3 Å². The van der Waals surface area contributed by atoms with Gasteiger partial charge in [0.25, 0.3) is 0 Å². The fraction of sp³-hybridized carbons (Fsp3) is 0.765. The van der Waals surface area contributed by atoms with Gasteiger partial charge in [0.05, 0.1) is 0 Å². The lowest BCUT2D eigenvalue weighted by Crippen LogP contribution is -2.45. The van der Waals surface area contributed by atoms with Crippen LogP contribution >= 0.6 is 0 Å². The number of alkyl halides is 1. The van der Waals surface area contributed by atoms with E-state index in [1.807, 2.05) is 13.0 Å². The van der Waals surface area contributed by atoms with E-state index in [2.05, 4.69) is 54.5 Å². The van der Waals surface area contributed by atoms with Crippen LogP contribution in [0.15, 0.2) is 23.8 Å². The highest BCUT2D eigenvalue weighted by Gasteiger charge is 2.48. The maximum absolute atomic E-state index is 13.6. The van der Waals surface area contributed by atoms with Gasteiger partial charge in [-0.05, 0) is 22.5 Å². The van der Waals surface area contributed by atoms with Crippen molar-refractivity contribution in [1.29, 1.82) is 0 Å². The molecule has 0 radical (unpaired) electrons. The lowest BCUT2D eigenvalue weighted by atomic mass is 9.51. The maximum atomic E-state index is 13.6. The average Bonchev–Trinajstić information content (AvgIpc) is 2.17. The second kappa shape index (κ2) is 4.51. The van der Waals surface area contributed by atoms with Crippen molar-refractivity contribution in [3.63, 3.8) is 0 Å². The van der Waals surface area contributed by atoms with E-state index < -0.39 is 6.17 Å². The van der Waals surface area contributed by atoms with Crippen molar-refractivity contribution in [3.8, 4) is 0 Å². The van der Waals surface area contributed by atoms with Crippen LogP contribution in [-0.2, 0) is 0 Å². The van der Waals surface area contributed by atoms with Gasteiger partial charge < -0.3 is 0 Å². The first-order valence-electron chi connectivity index (χ1n) is 6.96. The van der Waals surface area contributed by atoms with Crippen LogP contribution in [-0.4, -0.2) is 6.17 Å². The second-order valence-corrected chi connectivity index (χ2v) is 7.91. The minimum absolute atomic E-state index is 0.0187. The summed E-state index contributed by atoms with van der Waals surface area (Å²) in [5, 5.41) is 0. The minimum Gasteiger partial charge on any atom is -0.242 e. The van der Waals surface area contributed by atoms with Crippen molar-refractivity contribution in [2.45, 2.75) is 61.6 Å². The monoisotopic (exact) mass is 252 g/mol. The van der Waals surface area contributed by atoms with E-state index in [0.29, 0.717) is 0 Å². The molecular weight excluding hydrogens is 223 g/mol. The summed E-state index contributed by atoms with van der Waals surface area (Å²) in [4.78, 5) is 0. The molecule has 0 heterocycles. The molecule has 0 N–H and O–H groups in total. The average molecular weight is 252 g/mol. The van der Waals surface area contributed by atoms with E-state index in [1.165, 1.54) is 5.57 Å². The summed E-state index contributed by atoms with van der Waals surface area (Å²) >= 11 is 0. The largest absolute Gasteiger partial charge is 0.242 e. The smallest absolute Gasteiger partial charge is 0.125 e. The van der Waals surface area contributed by atoms with Gasteiger partial charge in [0.15, 0.2) is 0 Å². The molecule has 0 fully saturated rings. The molecule has 0 aromatic heterocycles. The van der Waals surface area contributed by atoms with Gasteiger partial charge in [0.2, 0.25) is 0 Å². The Morgan fingerprint density at radius 1 is 0.944 bits per heavy atom. The molecule has 0 spiro atoms. The highest BCUT2D eigenvalue weighted by molar-refractivity contribution is 5.35. The summed E-state index contributed by atoms with van der Waals surface area (Å²) in [6.07, 6.45) is 5.01. The van der Waals surface area contributed by atoms with Crippen LogP contribution in [0.1, 0.15) is 55.4 Å². The normalized spacial score (nSPS) is 26.2. The van der Waals surface area contributed by atoms with Crippen molar-refractivity contribution in [2.24, 2.45) is 22.2 Å². The van der Waals surface area contributed by atoms with Gasteiger partial charge in [-0.1, -0.05) is 67.5 Å². The van der Waals surface area contributed by atoms with Crippen LogP contribution in [0, 0.1) is 22.2 Å². The fourth-order valence-electron chi connectivity index (χ4n) is 3.13. The highest BCUT2D eigenvalue weighted by Crippen LogP contribution is 2.57. The maximum Gasteiger partial charge on any atom is 0.125 e. The fourth-order valence-corrected chi connectivity index (χ4v) is 3.13. The SMILES string of the molecule is CC1C=C(C(C)(C(C)(C)C)C(C)(C)C)C=CC1F. The van der Waals surface area contributed by atoms with Crippen LogP contribution in [0.3, 0.4) is 0 Å². The molecule has 1 rings (SSSR count). The van der Waals surface area contributed by atoms with Crippen LogP contribution in [0.2, 0.25) is 0 Å². The molecular formula is C17H29F. The van der Waals surface area contributed by atoms with Crippen molar-refractivity contribution in [1.82, 2.24) is 0 Å². The van der Waals surface area contributed by atoms with Crippen LogP contribution in [0.25, 0.3) is 0 Å². The Morgan fingerprint density at radius 3 is 1.72 bits per heavy atom. The summed E-state index contributed by atoms with van der Waals surface area (Å²) in [5.74, 6) is -0.0194. The van der Waals surface area contributed by atoms with E-state index in [9.17, 15) is 4.39 Å². The Hall–Kier alpha value is -0.590. The molecule has 0 aromatic carbocycles. The summed E-state index contributed by atoms with van der Waals surface area (Å²) in [6.45, 7) is 17.9. The molecule has 2 atom stereocenters. The van der Waals surface area contributed by atoms with Crippen molar-refractivity contribution in [3.05, 3.63) is 23.8 Å². The van der Waals surface area contributed by atoms with E-state index in [0.717, 1.165) is 0 Å². The van der Waals surface area contributed by atoms with Gasteiger partial charge in [-0.15, -0.1) is 0 Å². The van der Waals surface area contributed by atoms with Crippen LogP contribution in [0.4, 0.5) is 4.39 Å². The number of allylic oxidation sites excluding steroid dienone is 4. The van der Waals surface area contributed by atoms with Gasteiger partial charge in [-0.25, -0.2) is 4.39 Å². The third-order valence-electron chi connectivity index (χ3n) is 4.98. The third kappa shape index (κ3) is 2.41. The van der Waals surface area contributed by atoms with E-state index in [4.69, 9.17) is 0 Å². The number of halogens is 1. The standard InChI is InChI=1S/C17H29F/c1-12-11-13(9-10-14(12)18)17(8,15(2,3)4)16(5,6)7/h9-12,14H,1-8H3. The zero-order valence-electron chi connectivity index (χ0n) is 13.3. The zero-order chi connectivity index (χ0) is 14.4. The van der Waals surface area contributed by atoms with Crippen molar-refractivity contribution < 1.29 is 4.39 Å². The number of hydrogen-bond acceptors (Lipinski definition) is 0. The topological polar surface area (TPSA) is 0 Å². The Labute approximate surface area is 112 Å². The molecule has 0 saturated carbocycles. The van der Waals surface area contributed by atoms with Gasteiger partial charge >= 0.3 is 0 Å². The Kier molecular flexibility index (Phi) is 3.87. The van der Waals surface area contributed by atoms with Gasteiger partial charge in [-0.2, -0.15) is 0 Å². The van der Waals surface area contributed by atoms with Crippen molar-refractivity contribution in [2.75, 3.05) is 0 Å². The molecule has 0 saturated heterocycles. The Balaban J connectivity index is 3.32. The summed E-state index contributed by atoms with van der Waals surface area (Å²) < 4.78 is 13.6. The summed E-state index contributed by atoms with van der Waals surface area (Å²) in [7, 11) is 0. The Bertz CT molecular complexity index is 346. The van der Waals surface area contributed by atoms with Gasteiger partial charge in [0.1, 0.15) is 6.17 Å². The lowest BCUT2D eigenvalue weighted by molar-refractivity contribution is 0.0264. The van der Waals surface area contributed by atoms with Crippen LogP contribution < -0.4 is 0 Å². The van der Waals surface area contributed by atoms with E-state index in [-0.39, 0.29) is 22.2 Å². The first kappa shape index (κ1) is 15.5. The summed E-state index contributed by atoms with van der Waals surface area (Å²) in [5.41, 5.74) is 1.56. The van der Waals surface area contributed by atoms with Crippen LogP contribution in [0.5, 0.6) is 0 Å². The second-order valence-electron chi connectivity index (χ2n) is 7.91. The number of hydrogen-bond donors (Lipinski definition) is 0. The minimum atomic E-state index is -0.835. The molecule has 0 aliphatic heterocycles. The molecule has 1 aliphatic carbocycles. The molecule has 0 nitrogen and oxygen atoms in total. The first-order valence-corrected chi connectivity index (χ1v) is 6.96. The molecule has 0 aromatic rings. The van der Waals surface area contributed by atoms with E-state index in [1.54, 1.807) is 6.08 Å². The quantitative estimate of drug-likeness (QED) is 0.573. The van der Waals surface area contributed by atoms with Gasteiger partial charge in [-0.3, -0.25) is 0 Å². The predicted molar refractivity (Wildman–Crippen MR) is 78.3 cm³/mol. The molecule has 0 amide bonds. The molecule has 2 unspecified atom stereocenters. The Morgan fingerprint density at radius 2 is 1.39 bits per heavy atom. The predicted octanol–water partition coefficient (Wildman–Crippen LogP) is 5.56. The molecule has 0 bridgehead atoms. The molecule has 104 valence electrons. The zero-order valence-corrected chi connectivity index (χ0v) is 13.3. The first-order chi connectivity index (χ1) is 7.91. The highest BCUT2D eigenvalue weighted by atomic mass is 19.1. The van der Waals surface area contributed by atoms with E-state index >= 15 is 0 Å². The lowest BCUT2D eigenvalue weighted by Gasteiger charge is -2.53. The molecule has 1 heteroatoms. The number of rotatable bonds is 1.